The molecule has 0 radical (unpaired) electrons. The fraction of sp³-hybridized carbons (Fsp3) is 0.0952. The van der Waals surface area contributed by atoms with E-state index in [-0.39, 0.29) is 17.2 Å². The Morgan fingerprint density at radius 2 is 1.91 bits per heavy atom. The number of nitrogens with one attached hydrogen (secondary N) is 1. The molecule has 0 spiro atoms. The molecule has 0 saturated carbocycles. The lowest BCUT2D eigenvalue weighted by Crippen LogP contribution is -2.28. The Hall–Kier alpha value is -4.12. The fourth-order valence-electron chi connectivity index (χ4n) is 2.75. The van der Waals surface area contributed by atoms with E-state index < -0.39 is 34.9 Å². The minimum Gasteiger partial charge on any atom is -0.452 e. The van der Waals surface area contributed by atoms with Crippen molar-refractivity contribution in [1.29, 1.82) is 0 Å². The number of anilines is 2. The molecule has 9 nitrogen and oxygen atoms in total. The van der Waals surface area contributed by atoms with Crippen LogP contribution in [0.15, 0.2) is 60.0 Å². The summed E-state index contributed by atoms with van der Waals surface area (Å²) in [6.45, 7) is -0.694. The van der Waals surface area contributed by atoms with Crippen LogP contribution in [0.2, 0.25) is 0 Å². The Kier molecular flexibility index (Phi) is 6.90. The topological polar surface area (TPSA) is 119 Å². The molecule has 0 aliphatic rings. The Morgan fingerprint density at radius 3 is 2.59 bits per heavy atom. The molecule has 164 valence electrons. The highest BCUT2D eigenvalue weighted by Crippen LogP contribution is 2.24. The second-order valence-corrected chi connectivity index (χ2v) is 7.35. The number of para-hydroxylation sites is 1. The number of carbonyl (C=O) groups is 3. The first-order valence-electron chi connectivity index (χ1n) is 9.09. The molecule has 1 heterocycles. The van der Waals surface area contributed by atoms with Crippen LogP contribution < -0.4 is 10.2 Å². The standard InChI is InChI=1S/C21H16FN3O6S/c1-24(20(27)18-7-4-10-32-18)16-6-3-2-5-14(16)21(28)31-12-19(26)23-13-8-9-15(22)17(11-13)25(29)30/h2-11H,12H2,1H3,(H,23,26). The van der Waals surface area contributed by atoms with Gasteiger partial charge in [-0.2, -0.15) is 4.39 Å². The Balaban J connectivity index is 1.67. The summed E-state index contributed by atoms with van der Waals surface area (Å²) in [6, 6.07) is 12.5. The lowest BCUT2D eigenvalue weighted by atomic mass is 10.1. The molecule has 0 bridgehead atoms. The fourth-order valence-corrected chi connectivity index (χ4v) is 3.45. The van der Waals surface area contributed by atoms with Crippen molar-refractivity contribution in [3.63, 3.8) is 0 Å². The zero-order valence-electron chi connectivity index (χ0n) is 16.6. The van der Waals surface area contributed by atoms with Gasteiger partial charge in [-0.25, -0.2) is 4.79 Å². The molecule has 0 aliphatic carbocycles. The zero-order chi connectivity index (χ0) is 23.3. The summed E-state index contributed by atoms with van der Waals surface area (Å²) in [5.74, 6) is -2.97. The van der Waals surface area contributed by atoms with E-state index in [9.17, 15) is 28.9 Å². The maximum absolute atomic E-state index is 13.4. The van der Waals surface area contributed by atoms with Gasteiger partial charge >= 0.3 is 11.7 Å². The number of benzene rings is 2. The van der Waals surface area contributed by atoms with Crippen LogP contribution in [-0.2, 0) is 9.53 Å². The van der Waals surface area contributed by atoms with Crippen molar-refractivity contribution in [3.8, 4) is 0 Å². The van der Waals surface area contributed by atoms with Crippen LogP contribution in [0.3, 0.4) is 0 Å². The molecule has 1 N–H and O–H groups in total. The minimum absolute atomic E-state index is 0.0270. The van der Waals surface area contributed by atoms with Gasteiger partial charge < -0.3 is 15.0 Å². The summed E-state index contributed by atoms with van der Waals surface area (Å²) < 4.78 is 18.4. The molecule has 0 fully saturated rings. The average Bonchev–Trinajstić information content (AvgIpc) is 3.32. The number of thiophene rings is 1. The van der Waals surface area contributed by atoms with Gasteiger partial charge in [0.15, 0.2) is 6.61 Å². The van der Waals surface area contributed by atoms with Crippen LogP contribution >= 0.6 is 11.3 Å². The van der Waals surface area contributed by atoms with Crippen molar-refractivity contribution >= 4 is 46.2 Å². The van der Waals surface area contributed by atoms with Gasteiger partial charge in [0.05, 0.1) is 21.1 Å². The van der Waals surface area contributed by atoms with E-state index in [2.05, 4.69) is 5.32 Å². The third-order valence-corrected chi connectivity index (χ3v) is 5.14. The average molecular weight is 457 g/mol. The quantitative estimate of drug-likeness (QED) is 0.327. The molecule has 2 amide bonds. The minimum atomic E-state index is -1.04. The van der Waals surface area contributed by atoms with Gasteiger partial charge in [-0.1, -0.05) is 18.2 Å². The first-order chi connectivity index (χ1) is 15.3. The van der Waals surface area contributed by atoms with Gasteiger partial charge in [-0.05, 0) is 35.7 Å². The molecule has 11 heteroatoms. The predicted molar refractivity (Wildman–Crippen MR) is 115 cm³/mol. The van der Waals surface area contributed by atoms with Crippen molar-refractivity contribution in [2.75, 3.05) is 23.9 Å². The lowest BCUT2D eigenvalue weighted by molar-refractivity contribution is -0.387. The van der Waals surface area contributed by atoms with Crippen LogP contribution in [0.25, 0.3) is 0 Å². The van der Waals surface area contributed by atoms with E-state index in [1.807, 2.05) is 0 Å². The van der Waals surface area contributed by atoms with Crippen molar-refractivity contribution in [1.82, 2.24) is 0 Å². The third-order valence-electron chi connectivity index (χ3n) is 4.28. The van der Waals surface area contributed by atoms with Gasteiger partial charge in [-0.15, -0.1) is 11.3 Å². The van der Waals surface area contributed by atoms with E-state index in [1.165, 1.54) is 29.4 Å². The highest BCUT2D eigenvalue weighted by Gasteiger charge is 2.22. The number of ether oxygens (including phenoxy) is 1. The SMILES string of the molecule is CN(C(=O)c1cccs1)c1ccccc1C(=O)OCC(=O)Nc1ccc(F)c([N+](=O)[O-])c1. The van der Waals surface area contributed by atoms with E-state index in [0.29, 0.717) is 10.6 Å². The van der Waals surface area contributed by atoms with E-state index in [0.717, 1.165) is 18.2 Å². The Morgan fingerprint density at radius 1 is 1.16 bits per heavy atom. The third kappa shape index (κ3) is 5.13. The van der Waals surface area contributed by atoms with Crippen molar-refractivity contribution in [2.24, 2.45) is 0 Å². The van der Waals surface area contributed by atoms with Crippen molar-refractivity contribution in [3.05, 3.63) is 86.3 Å². The number of nitro benzene ring substituents is 1. The summed E-state index contributed by atoms with van der Waals surface area (Å²) in [6.07, 6.45) is 0. The Labute approximate surface area is 185 Å². The van der Waals surface area contributed by atoms with Gasteiger partial charge in [-0.3, -0.25) is 19.7 Å². The first kappa shape index (κ1) is 22.6. The van der Waals surface area contributed by atoms with Crippen LogP contribution in [0, 0.1) is 15.9 Å². The largest absolute Gasteiger partial charge is 0.452 e. The van der Waals surface area contributed by atoms with Crippen molar-refractivity contribution < 1.29 is 28.4 Å². The monoisotopic (exact) mass is 457 g/mol. The van der Waals surface area contributed by atoms with Gasteiger partial charge in [0.1, 0.15) is 0 Å². The number of amides is 2. The molecule has 32 heavy (non-hydrogen) atoms. The summed E-state index contributed by atoms with van der Waals surface area (Å²) in [5, 5.41) is 14.9. The second kappa shape index (κ2) is 9.79. The molecule has 3 aromatic rings. The van der Waals surface area contributed by atoms with Crippen LogP contribution in [-0.4, -0.2) is 36.4 Å². The molecule has 0 unspecified atom stereocenters. The summed E-state index contributed by atoms with van der Waals surface area (Å²) in [7, 11) is 1.52. The number of nitrogens with zero attached hydrogens (tertiary/aromatic N) is 2. The molecular weight excluding hydrogens is 441 g/mol. The summed E-state index contributed by atoms with van der Waals surface area (Å²) >= 11 is 1.26. The number of hydrogen-bond donors (Lipinski definition) is 1. The van der Waals surface area contributed by atoms with Crippen LogP contribution in [0.4, 0.5) is 21.5 Å². The number of esters is 1. The maximum atomic E-state index is 13.4. The summed E-state index contributed by atoms with van der Waals surface area (Å²) in [4.78, 5) is 48.9. The molecule has 0 saturated heterocycles. The van der Waals surface area contributed by atoms with Crippen molar-refractivity contribution in [2.45, 2.75) is 0 Å². The Bertz CT molecular complexity index is 1180. The molecule has 2 aromatic carbocycles. The zero-order valence-corrected chi connectivity index (χ0v) is 17.4. The first-order valence-corrected chi connectivity index (χ1v) is 9.97. The van der Waals surface area contributed by atoms with E-state index >= 15 is 0 Å². The maximum Gasteiger partial charge on any atom is 0.340 e. The van der Waals surface area contributed by atoms with Gasteiger partial charge in [0.25, 0.3) is 11.8 Å². The van der Waals surface area contributed by atoms with Crippen LogP contribution in [0.5, 0.6) is 0 Å². The van der Waals surface area contributed by atoms with Gasteiger partial charge in [0, 0.05) is 18.8 Å². The predicted octanol–water partition coefficient (Wildman–Crippen LogP) is 3.87. The second-order valence-electron chi connectivity index (χ2n) is 6.41. The van der Waals surface area contributed by atoms with Gasteiger partial charge in [0.2, 0.25) is 5.82 Å². The van der Waals surface area contributed by atoms with E-state index in [4.69, 9.17) is 4.74 Å². The molecule has 0 atom stereocenters. The molecule has 0 aliphatic heterocycles. The number of halogens is 1. The molecular formula is C21H16FN3O6S. The highest BCUT2D eigenvalue weighted by molar-refractivity contribution is 7.12. The number of hydrogen-bond acceptors (Lipinski definition) is 7. The molecule has 1 aromatic heterocycles. The van der Waals surface area contributed by atoms with Crippen LogP contribution in [0.1, 0.15) is 20.0 Å². The highest BCUT2D eigenvalue weighted by atomic mass is 32.1. The number of rotatable bonds is 7. The smallest absolute Gasteiger partial charge is 0.340 e. The summed E-state index contributed by atoms with van der Waals surface area (Å²) in [5.41, 5.74) is -0.455. The normalized spacial score (nSPS) is 10.3. The van der Waals surface area contributed by atoms with E-state index in [1.54, 1.807) is 35.7 Å². The molecule has 3 rings (SSSR count). The number of carbonyl (C=O) groups excluding carboxylic acids is 3. The number of nitro groups is 1. The lowest BCUT2D eigenvalue weighted by Gasteiger charge is -2.19.